The Balaban J connectivity index is 1.20. The van der Waals surface area contributed by atoms with Gasteiger partial charge in [0.2, 0.25) is 0 Å². The van der Waals surface area contributed by atoms with E-state index in [0.717, 1.165) is 77.3 Å². The van der Waals surface area contributed by atoms with E-state index in [4.69, 9.17) is 8.83 Å². The highest BCUT2D eigenvalue weighted by Crippen LogP contribution is 2.41. The van der Waals surface area contributed by atoms with Crippen LogP contribution in [0.2, 0.25) is 0 Å². The van der Waals surface area contributed by atoms with Gasteiger partial charge in [-0.05, 0) is 71.3 Å². The van der Waals surface area contributed by atoms with E-state index in [9.17, 15) is 5.26 Å². The molecule has 3 aromatic heterocycles. The van der Waals surface area contributed by atoms with E-state index in [1.807, 2.05) is 30.3 Å². The lowest BCUT2D eigenvalue weighted by atomic mass is 9.98. The molecule has 10 rings (SSSR count). The molecule has 0 bridgehead atoms. The Kier molecular flexibility index (Phi) is 5.32. The second-order valence-electron chi connectivity index (χ2n) is 12.0. The zero-order chi connectivity index (χ0) is 31.1. The van der Waals surface area contributed by atoms with Crippen LogP contribution in [0.25, 0.3) is 93.6 Å². The lowest BCUT2D eigenvalue weighted by Crippen LogP contribution is -1.98. The number of benzene rings is 7. The lowest BCUT2D eigenvalue weighted by Gasteiger charge is -2.15. The smallest absolute Gasteiger partial charge is 0.139 e. The zero-order valence-corrected chi connectivity index (χ0v) is 25.1. The normalized spacial score (nSPS) is 11.8. The first-order chi connectivity index (χ1) is 23.2. The van der Waals surface area contributed by atoms with Crippen molar-refractivity contribution in [3.63, 3.8) is 0 Å². The maximum atomic E-state index is 9.93. The maximum absolute atomic E-state index is 9.93. The summed E-state index contributed by atoms with van der Waals surface area (Å²) in [6.45, 7) is 0. The quantitative estimate of drug-likeness (QED) is 0.203. The zero-order valence-electron chi connectivity index (χ0n) is 25.1. The summed E-state index contributed by atoms with van der Waals surface area (Å²) in [5.74, 6) is 0. The van der Waals surface area contributed by atoms with E-state index >= 15 is 0 Å². The molecule has 0 amide bonds. The number of hydrogen-bond acceptors (Lipinski definition) is 3. The van der Waals surface area contributed by atoms with Gasteiger partial charge >= 0.3 is 0 Å². The highest BCUT2D eigenvalue weighted by Gasteiger charge is 2.19. The molecule has 0 aliphatic rings. The molecule has 0 atom stereocenters. The summed E-state index contributed by atoms with van der Waals surface area (Å²) in [6, 6.07) is 52.6. The highest BCUT2D eigenvalue weighted by molar-refractivity contribution is 6.16. The summed E-state index contributed by atoms with van der Waals surface area (Å²) >= 11 is 0. The van der Waals surface area contributed by atoms with Crippen molar-refractivity contribution in [3.8, 4) is 34.0 Å². The van der Waals surface area contributed by atoms with Crippen molar-refractivity contribution in [1.29, 1.82) is 5.26 Å². The van der Waals surface area contributed by atoms with Gasteiger partial charge in [-0.2, -0.15) is 5.26 Å². The molecule has 0 unspecified atom stereocenters. The van der Waals surface area contributed by atoms with Gasteiger partial charge in [-0.3, -0.25) is 0 Å². The minimum Gasteiger partial charge on any atom is -0.456 e. The Morgan fingerprint density at radius 3 is 1.66 bits per heavy atom. The first-order valence-electron chi connectivity index (χ1n) is 15.6. The van der Waals surface area contributed by atoms with Crippen LogP contribution in [0.1, 0.15) is 5.56 Å². The van der Waals surface area contributed by atoms with Crippen molar-refractivity contribution >= 4 is 65.7 Å². The fourth-order valence-electron chi connectivity index (χ4n) is 7.24. The molecule has 0 saturated heterocycles. The molecule has 0 aliphatic carbocycles. The molecule has 0 fully saturated rings. The molecular weight excluding hydrogens is 576 g/mol. The Hall–Kier alpha value is -6.57. The monoisotopic (exact) mass is 600 g/mol. The van der Waals surface area contributed by atoms with Crippen molar-refractivity contribution in [3.05, 3.63) is 151 Å². The minimum atomic E-state index is 0.615. The van der Waals surface area contributed by atoms with E-state index in [-0.39, 0.29) is 0 Å². The number of fused-ring (bicyclic) bond motifs is 9. The standard InChI is InChI=1S/C43H24N2O2/c44-25-26-14-17-30(39(20-26)45-37-12-6-4-10-31(37)32-11-5-7-13-38(32)45)29-16-19-41-34(22-29)36-23-35-33-21-28(27-8-2-1-3-9-27)15-18-40(33)46-42(35)24-43(36)47-41/h1-24H. The van der Waals surface area contributed by atoms with Crippen LogP contribution in [-0.4, -0.2) is 4.57 Å². The SMILES string of the molecule is N#Cc1ccc(-c2ccc3oc4cc5oc6ccc(-c7ccccc7)cc6c5cc4c3c2)c(-n2c3ccccc3c3ccccc32)c1. The van der Waals surface area contributed by atoms with Crippen molar-refractivity contribution in [2.45, 2.75) is 0 Å². The van der Waals surface area contributed by atoms with Gasteiger partial charge in [-0.1, -0.05) is 84.9 Å². The first-order valence-corrected chi connectivity index (χ1v) is 15.6. The minimum absolute atomic E-state index is 0.615. The van der Waals surface area contributed by atoms with Gasteiger partial charge in [-0.25, -0.2) is 0 Å². The van der Waals surface area contributed by atoms with E-state index in [2.05, 4.69) is 126 Å². The Bertz CT molecular complexity index is 2860. The molecule has 4 heteroatoms. The molecule has 0 aliphatic heterocycles. The number of nitrogens with zero attached hydrogens (tertiary/aromatic N) is 2. The lowest BCUT2D eigenvalue weighted by molar-refractivity contribution is 0.656. The van der Waals surface area contributed by atoms with Gasteiger partial charge in [0.05, 0.1) is 28.4 Å². The fraction of sp³-hybridized carbons (Fsp3) is 0. The maximum Gasteiger partial charge on any atom is 0.139 e. The van der Waals surface area contributed by atoms with Crippen molar-refractivity contribution in [2.24, 2.45) is 0 Å². The summed E-state index contributed by atoms with van der Waals surface area (Å²) in [4.78, 5) is 0. The Morgan fingerprint density at radius 2 is 1.00 bits per heavy atom. The average Bonchev–Trinajstić information content (AvgIpc) is 3.79. The topological polar surface area (TPSA) is 55.0 Å². The number of aromatic nitrogens is 1. The number of para-hydroxylation sites is 2. The summed E-state index contributed by atoms with van der Waals surface area (Å²) in [6.07, 6.45) is 0. The summed E-state index contributed by atoms with van der Waals surface area (Å²) in [7, 11) is 0. The van der Waals surface area contributed by atoms with Crippen LogP contribution in [0, 0.1) is 11.3 Å². The van der Waals surface area contributed by atoms with Crippen molar-refractivity contribution in [2.75, 3.05) is 0 Å². The molecule has 10 aromatic rings. The molecule has 4 nitrogen and oxygen atoms in total. The molecular formula is C43H24N2O2. The summed E-state index contributed by atoms with van der Waals surface area (Å²) in [5.41, 5.74) is 11.4. The molecule has 0 radical (unpaired) electrons. The third-order valence-corrected chi connectivity index (χ3v) is 9.43. The summed E-state index contributed by atoms with van der Waals surface area (Å²) in [5, 5.41) is 16.5. The number of furan rings is 2. The summed E-state index contributed by atoms with van der Waals surface area (Å²) < 4.78 is 15.0. The largest absolute Gasteiger partial charge is 0.456 e. The van der Waals surface area contributed by atoms with E-state index in [1.165, 1.54) is 16.3 Å². The number of nitriles is 1. The van der Waals surface area contributed by atoms with Gasteiger partial charge in [0.1, 0.15) is 22.3 Å². The van der Waals surface area contributed by atoms with E-state index in [0.29, 0.717) is 5.56 Å². The van der Waals surface area contributed by atoms with Crippen molar-refractivity contribution < 1.29 is 8.83 Å². The third kappa shape index (κ3) is 3.81. The average molecular weight is 601 g/mol. The van der Waals surface area contributed by atoms with Crippen molar-refractivity contribution in [1.82, 2.24) is 4.57 Å². The molecule has 0 spiro atoms. The van der Waals surface area contributed by atoms with Crippen LogP contribution in [-0.2, 0) is 0 Å². The number of rotatable bonds is 3. The van der Waals surface area contributed by atoms with Gasteiger partial charge in [0.25, 0.3) is 0 Å². The molecule has 47 heavy (non-hydrogen) atoms. The van der Waals surface area contributed by atoms with Gasteiger partial charge in [0, 0.05) is 43.9 Å². The van der Waals surface area contributed by atoms with Crippen LogP contribution < -0.4 is 0 Å². The molecule has 0 saturated carbocycles. The number of hydrogen-bond donors (Lipinski definition) is 0. The van der Waals surface area contributed by atoms with Crippen LogP contribution >= 0.6 is 0 Å². The predicted octanol–water partition coefficient (Wildman–Crippen LogP) is 11.8. The first kappa shape index (κ1) is 25.7. The van der Waals surface area contributed by atoms with Crippen LogP contribution in [0.15, 0.2) is 154 Å². The highest BCUT2D eigenvalue weighted by atomic mass is 16.3. The van der Waals surface area contributed by atoms with Crippen LogP contribution in [0.4, 0.5) is 0 Å². The molecule has 7 aromatic carbocycles. The van der Waals surface area contributed by atoms with E-state index in [1.54, 1.807) is 0 Å². The van der Waals surface area contributed by atoms with Gasteiger partial charge < -0.3 is 13.4 Å². The molecule has 3 heterocycles. The molecule has 0 N–H and O–H groups in total. The predicted molar refractivity (Wildman–Crippen MR) is 191 cm³/mol. The Labute approximate surface area is 268 Å². The Morgan fingerprint density at radius 1 is 0.426 bits per heavy atom. The van der Waals surface area contributed by atoms with Gasteiger partial charge in [-0.15, -0.1) is 0 Å². The second-order valence-corrected chi connectivity index (χ2v) is 12.0. The second kappa shape index (κ2) is 9.71. The third-order valence-electron chi connectivity index (χ3n) is 9.43. The fourth-order valence-corrected chi connectivity index (χ4v) is 7.24. The van der Waals surface area contributed by atoms with Crippen LogP contribution in [0.3, 0.4) is 0 Å². The molecule has 218 valence electrons. The van der Waals surface area contributed by atoms with E-state index < -0.39 is 0 Å². The van der Waals surface area contributed by atoms with Crippen LogP contribution in [0.5, 0.6) is 0 Å². The van der Waals surface area contributed by atoms with Gasteiger partial charge in [0.15, 0.2) is 0 Å².